The van der Waals surface area contributed by atoms with Crippen molar-refractivity contribution in [2.24, 2.45) is 0 Å². The van der Waals surface area contributed by atoms with E-state index in [-0.39, 0.29) is 12.2 Å². The molecule has 1 aromatic heterocycles. The molecule has 0 saturated carbocycles. The van der Waals surface area contributed by atoms with Gasteiger partial charge in [0.15, 0.2) is 0 Å². The maximum atomic E-state index is 13.2. The van der Waals surface area contributed by atoms with Gasteiger partial charge in [0.25, 0.3) is 0 Å². The predicted molar refractivity (Wildman–Crippen MR) is 75.0 cm³/mol. The third-order valence-electron chi connectivity index (χ3n) is 3.13. The normalized spacial score (nSPS) is 11.7. The van der Waals surface area contributed by atoms with E-state index < -0.39 is 11.7 Å². The lowest BCUT2D eigenvalue weighted by Gasteiger charge is -2.23. The van der Waals surface area contributed by atoms with Crippen molar-refractivity contribution in [2.75, 3.05) is 19.0 Å². The van der Waals surface area contributed by atoms with E-state index in [0.717, 1.165) is 0 Å². The van der Waals surface area contributed by atoms with Crippen molar-refractivity contribution in [2.45, 2.75) is 19.3 Å². The molecule has 0 amide bonds. The van der Waals surface area contributed by atoms with Crippen LogP contribution in [0.1, 0.15) is 16.9 Å². The minimum atomic E-state index is -4.39. The van der Waals surface area contributed by atoms with Gasteiger partial charge in [-0.2, -0.15) is 13.2 Å². The molecule has 0 atom stereocenters. The summed E-state index contributed by atoms with van der Waals surface area (Å²) in [5.41, 5.74) is 0.100. The number of nitrogens with one attached hydrogen (secondary N) is 1. The van der Waals surface area contributed by atoms with Gasteiger partial charge in [0.05, 0.1) is 18.4 Å². The number of rotatable bonds is 5. The average molecular weight is 298 g/mol. The van der Waals surface area contributed by atoms with Crippen molar-refractivity contribution in [3.63, 3.8) is 0 Å². The van der Waals surface area contributed by atoms with Crippen LogP contribution in [0.15, 0.2) is 41.0 Å². The lowest BCUT2D eigenvalue weighted by Crippen LogP contribution is -2.21. The third kappa shape index (κ3) is 3.78. The van der Waals surface area contributed by atoms with Gasteiger partial charge in [0.1, 0.15) is 5.76 Å². The number of nitrogens with zero attached hydrogens (tertiary/aromatic N) is 1. The Balaban J connectivity index is 2.33. The van der Waals surface area contributed by atoms with Crippen molar-refractivity contribution in [1.29, 1.82) is 0 Å². The van der Waals surface area contributed by atoms with Crippen LogP contribution in [-0.4, -0.2) is 14.1 Å². The maximum Gasteiger partial charge on any atom is 0.418 e. The van der Waals surface area contributed by atoms with E-state index >= 15 is 0 Å². The Morgan fingerprint density at radius 2 is 2.00 bits per heavy atom. The molecule has 2 rings (SSSR count). The highest BCUT2D eigenvalue weighted by molar-refractivity contribution is 5.56. The highest BCUT2D eigenvalue weighted by Gasteiger charge is 2.34. The molecule has 0 saturated heterocycles. The number of hydrogen-bond acceptors (Lipinski definition) is 3. The SMILES string of the molecule is CNCc1ccc(N(C)Cc2ccco2)c(C(F)(F)F)c1. The Labute approximate surface area is 121 Å². The minimum absolute atomic E-state index is 0.138. The highest BCUT2D eigenvalue weighted by atomic mass is 19.4. The second-order valence-electron chi connectivity index (χ2n) is 4.82. The molecule has 0 aliphatic rings. The van der Waals surface area contributed by atoms with Crippen molar-refractivity contribution in [3.8, 4) is 0 Å². The van der Waals surface area contributed by atoms with E-state index in [1.165, 1.54) is 23.3 Å². The van der Waals surface area contributed by atoms with Crippen LogP contribution < -0.4 is 10.2 Å². The highest BCUT2D eigenvalue weighted by Crippen LogP contribution is 2.37. The van der Waals surface area contributed by atoms with Gasteiger partial charge < -0.3 is 14.6 Å². The van der Waals surface area contributed by atoms with Gasteiger partial charge in [-0.1, -0.05) is 6.07 Å². The Hall–Kier alpha value is -1.95. The van der Waals surface area contributed by atoms with Gasteiger partial charge >= 0.3 is 6.18 Å². The summed E-state index contributed by atoms with van der Waals surface area (Å²) in [6, 6.07) is 7.83. The molecule has 0 radical (unpaired) electrons. The number of furan rings is 1. The predicted octanol–water partition coefficient (Wildman–Crippen LogP) is 3.65. The minimum Gasteiger partial charge on any atom is -0.467 e. The van der Waals surface area contributed by atoms with Crippen LogP contribution in [0.4, 0.5) is 18.9 Å². The average Bonchev–Trinajstić information content (AvgIpc) is 2.91. The van der Waals surface area contributed by atoms with Crippen LogP contribution in [0.3, 0.4) is 0 Å². The molecule has 6 heteroatoms. The first-order valence-electron chi connectivity index (χ1n) is 6.50. The van der Waals surface area contributed by atoms with E-state index in [0.29, 0.717) is 17.9 Å². The van der Waals surface area contributed by atoms with E-state index in [9.17, 15) is 13.2 Å². The number of halogens is 3. The van der Waals surface area contributed by atoms with E-state index in [1.807, 2.05) is 0 Å². The summed E-state index contributed by atoms with van der Waals surface area (Å²) in [4.78, 5) is 1.53. The smallest absolute Gasteiger partial charge is 0.418 e. The van der Waals surface area contributed by atoms with Gasteiger partial charge in [0, 0.05) is 19.3 Å². The van der Waals surface area contributed by atoms with E-state index in [1.54, 1.807) is 32.3 Å². The molecule has 1 aromatic carbocycles. The fourth-order valence-corrected chi connectivity index (χ4v) is 2.18. The first-order valence-corrected chi connectivity index (χ1v) is 6.50. The summed E-state index contributed by atoms with van der Waals surface area (Å²) in [5, 5.41) is 2.85. The van der Waals surface area contributed by atoms with Gasteiger partial charge in [0.2, 0.25) is 0 Å². The molecule has 2 aromatic rings. The maximum absolute atomic E-state index is 13.2. The van der Waals surface area contributed by atoms with Crippen LogP contribution in [0, 0.1) is 0 Å². The molecular weight excluding hydrogens is 281 g/mol. The molecule has 0 fully saturated rings. The molecule has 0 bridgehead atoms. The Morgan fingerprint density at radius 1 is 1.24 bits per heavy atom. The molecule has 1 heterocycles. The van der Waals surface area contributed by atoms with Crippen LogP contribution in [0.25, 0.3) is 0 Å². The van der Waals surface area contributed by atoms with Crippen LogP contribution in [0.2, 0.25) is 0 Å². The van der Waals surface area contributed by atoms with Crippen molar-refractivity contribution in [1.82, 2.24) is 5.32 Å². The van der Waals surface area contributed by atoms with Gasteiger partial charge in [-0.15, -0.1) is 0 Å². The molecule has 0 unspecified atom stereocenters. The largest absolute Gasteiger partial charge is 0.467 e. The monoisotopic (exact) mass is 298 g/mol. The van der Waals surface area contributed by atoms with Crippen LogP contribution >= 0.6 is 0 Å². The molecule has 0 aliphatic carbocycles. The Kier molecular flexibility index (Phi) is 4.57. The number of benzene rings is 1. The van der Waals surface area contributed by atoms with Crippen molar-refractivity contribution >= 4 is 5.69 Å². The number of hydrogen-bond donors (Lipinski definition) is 1. The van der Waals surface area contributed by atoms with Crippen LogP contribution in [-0.2, 0) is 19.3 Å². The van der Waals surface area contributed by atoms with Crippen molar-refractivity contribution in [3.05, 3.63) is 53.5 Å². The fourth-order valence-electron chi connectivity index (χ4n) is 2.18. The molecule has 3 nitrogen and oxygen atoms in total. The van der Waals surface area contributed by atoms with Gasteiger partial charge in [-0.3, -0.25) is 0 Å². The number of anilines is 1. The summed E-state index contributed by atoms with van der Waals surface area (Å²) in [6.07, 6.45) is -2.89. The molecule has 1 N–H and O–H groups in total. The Morgan fingerprint density at radius 3 is 2.57 bits per heavy atom. The molecule has 0 aliphatic heterocycles. The standard InChI is InChI=1S/C15H17F3N2O/c1-19-9-11-5-6-14(13(8-11)15(16,17)18)20(2)10-12-4-3-7-21-12/h3-8,19H,9-10H2,1-2H3. The molecular formula is C15H17F3N2O. The van der Waals surface area contributed by atoms with Crippen LogP contribution in [0.5, 0.6) is 0 Å². The zero-order valence-electron chi connectivity index (χ0n) is 11.9. The van der Waals surface area contributed by atoms with Crippen molar-refractivity contribution < 1.29 is 17.6 Å². The first-order chi connectivity index (χ1) is 9.91. The van der Waals surface area contributed by atoms with Gasteiger partial charge in [-0.25, -0.2) is 0 Å². The summed E-state index contributed by atoms with van der Waals surface area (Å²) in [6.45, 7) is 0.673. The Bertz CT molecular complexity index is 579. The lowest BCUT2D eigenvalue weighted by atomic mass is 10.1. The first kappa shape index (κ1) is 15.4. The third-order valence-corrected chi connectivity index (χ3v) is 3.13. The fraction of sp³-hybridized carbons (Fsp3) is 0.333. The molecule has 114 valence electrons. The second-order valence-corrected chi connectivity index (χ2v) is 4.82. The number of alkyl halides is 3. The topological polar surface area (TPSA) is 28.4 Å². The van der Waals surface area contributed by atoms with E-state index in [2.05, 4.69) is 5.32 Å². The molecule has 21 heavy (non-hydrogen) atoms. The zero-order valence-corrected chi connectivity index (χ0v) is 11.9. The zero-order chi connectivity index (χ0) is 15.5. The summed E-state index contributed by atoms with van der Waals surface area (Å²) in [5.74, 6) is 0.616. The quantitative estimate of drug-likeness (QED) is 0.913. The van der Waals surface area contributed by atoms with E-state index in [4.69, 9.17) is 4.42 Å². The lowest BCUT2D eigenvalue weighted by molar-refractivity contribution is -0.137. The summed E-state index contributed by atoms with van der Waals surface area (Å²) < 4.78 is 44.9. The summed E-state index contributed by atoms with van der Waals surface area (Å²) in [7, 11) is 3.31. The summed E-state index contributed by atoms with van der Waals surface area (Å²) >= 11 is 0. The molecule has 0 spiro atoms. The van der Waals surface area contributed by atoms with Gasteiger partial charge in [-0.05, 0) is 36.9 Å². The second kappa shape index (κ2) is 6.22.